The summed E-state index contributed by atoms with van der Waals surface area (Å²) < 4.78 is 0. The van der Waals surface area contributed by atoms with Gasteiger partial charge in [-0.05, 0) is 68.8 Å². The van der Waals surface area contributed by atoms with Crippen molar-refractivity contribution in [1.29, 1.82) is 0 Å². The fourth-order valence-electron chi connectivity index (χ4n) is 4.10. The minimum absolute atomic E-state index is 0.0333. The first kappa shape index (κ1) is 21.8. The second-order valence-electron chi connectivity index (χ2n) is 7.76. The van der Waals surface area contributed by atoms with E-state index in [1.807, 2.05) is 18.2 Å². The van der Waals surface area contributed by atoms with Crippen LogP contribution >= 0.6 is 0 Å². The number of hydrogen-bond donors (Lipinski definition) is 3. The maximum Gasteiger partial charge on any atom is 0.120 e. The van der Waals surface area contributed by atoms with Crippen molar-refractivity contribution >= 4 is 6.29 Å². The molecule has 1 aromatic carbocycles. The van der Waals surface area contributed by atoms with Crippen LogP contribution in [0.15, 0.2) is 42.5 Å². The van der Waals surface area contributed by atoms with Gasteiger partial charge in [0.15, 0.2) is 0 Å². The van der Waals surface area contributed by atoms with Gasteiger partial charge in [0.05, 0.1) is 18.3 Å². The molecule has 150 valence electrons. The molecule has 1 aliphatic rings. The monoisotopic (exact) mass is 374 g/mol. The van der Waals surface area contributed by atoms with E-state index in [0.29, 0.717) is 19.3 Å². The first-order valence-electron chi connectivity index (χ1n) is 10.3. The summed E-state index contributed by atoms with van der Waals surface area (Å²) in [5.74, 6) is 0.0784. The maximum atomic E-state index is 10.3. The Morgan fingerprint density at radius 2 is 1.74 bits per heavy atom. The SMILES string of the molecule is O=CCCC/C=C\C[C@@H]1[C@@H](CC[C@H](O)CCc2ccccc2)[C@H](O)C[C@@H]1O. The lowest BCUT2D eigenvalue weighted by molar-refractivity contribution is -0.107. The molecule has 1 saturated carbocycles. The van der Waals surface area contributed by atoms with Crippen LogP contribution in [0.1, 0.15) is 56.9 Å². The van der Waals surface area contributed by atoms with Crippen molar-refractivity contribution in [2.24, 2.45) is 11.8 Å². The third-order valence-electron chi connectivity index (χ3n) is 5.73. The number of benzene rings is 1. The van der Waals surface area contributed by atoms with Gasteiger partial charge in [0, 0.05) is 6.42 Å². The zero-order valence-electron chi connectivity index (χ0n) is 16.1. The first-order chi connectivity index (χ1) is 13.1. The summed E-state index contributed by atoms with van der Waals surface area (Å²) in [4.78, 5) is 10.3. The largest absolute Gasteiger partial charge is 0.393 e. The van der Waals surface area contributed by atoms with E-state index in [2.05, 4.69) is 24.3 Å². The Labute approximate surface area is 162 Å². The van der Waals surface area contributed by atoms with E-state index in [0.717, 1.165) is 44.8 Å². The van der Waals surface area contributed by atoms with Gasteiger partial charge in [0.25, 0.3) is 0 Å². The van der Waals surface area contributed by atoms with E-state index in [1.54, 1.807) is 0 Å². The zero-order valence-corrected chi connectivity index (χ0v) is 16.1. The van der Waals surface area contributed by atoms with Crippen molar-refractivity contribution in [3.8, 4) is 0 Å². The van der Waals surface area contributed by atoms with Crippen LogP contribution in [0.2, 0.25) is 0 Å². The molecule has 0 radical (unpaired) electrons. The third-order valence-corrected chi connectivity index (χ3v) is 5.73. The molecule has 0 amide bonds. The van der Waals surface area contributed by atoms with Crippen LogP contribution in [0.5, 0.6) is 0 Å². The molecule has 3 N–H and O–H groups in total. The fraction of sp³-hybridized carbons (Fsp3) is 0.609. The molecule has 0 aromatic heterocycles. The molecule has 0 unspecified atom stereocenters. The lowest BCUT2D eigenvalue weighted by Gasteiger charge is -2.23. The van der Waals surface area contributed by atoms with E-state index in [9.17, 15) is 20.1 Å². The molecule has 0 aliphatic heterocycles. The molecule has 0 heterocycles. The van der Waals surface area contributed by atoms with Crippen LogP contribution in [-0.2, 0) is 11.2 Å². The number of unbranched alkanes of at least 4 members (excludes halogenated alkanes) is 2. The van der Waals surface area contributed by atoms with Gasteiger partial charge in [-0.25, -0.2) is 0 Å². The average molecular weight is 375 g/mol. The minimum atomic E-state index is -0.491. The van der Waals surface area contributed by atoms with E-state index in [-0.39, 0.29) is 17.9 Å². The summed E-state index contributed by atoms with van der Waals surface area (Å²) in [6.45, 7) is 0. The van der Waals surface area contributed by atoms with Crippen LogP contribution in [0.4, 0.5) is 0 Å². The Morgan fingerprint density at radius 1 is 1.00 bits per heavy atom. The van der Waals surface area contributed by atoms with Crippen LogP contribution in [0.25, 0.3) is 0 Å². The molecule has 1 fully saturated rings. The summed E-state index contributed by atoms with van der Waals surface area (Å²) in [6, 6.07) is 10.1. The smallest absolute Gasteiger partial charge is 0.120 e. The van der Waals surface area contributed by atoms with Gasteiger partial charge in [0.2, 0.25) is 0 Å². The first-order valence-corrected chi connectivity index (χ1v) is 10.3. The molecule has 27 heavy (non-hydrogen) atoms. The quantitative estimate of drug-likeness (QED) is 0.298. The highest BCUT2D eigenvalue weighted by molar-refractivity contribution is 5.49. The molecule has 1 aromatic rings. The van der Waals surface area contributed by atoms with E-state index in [1.165, 1.54) is 5.56 Å². The van der Waals surface area contributed by atoms with Crippen molar-refractivity contribution in [3.63, 3.8) is 0 Å². The number of carbonyl (C=O) groups excluding carboxylic acids is 1. The lowest BCUT2D eigenvalue weighted by Crippen LogP contribution is -2.23. The predicted molar refractivity (Wildman–Crippen MR) is 107 cm³/mol. The normalized spacial score (nSPS) is 26.5. The Balaban J connectivity index is 1.75. The van der Waals surface area contributed by atoms with Gasteiger partial charge >= 0.3 is 0 Å². The summed E-state index contributed by atoms with van der Waals surface area (Å²) in [7, 11) is 0. The van der Waals surface area contributed by atoms with E-state index >= 15 is 0 Å². The molecule has 5 atom stereocenters. The van der Waals surface area contributed by atoms with Crippen molar-refractivity contribution in [3.05, 3.63) is 48.0 Å². The highest BCUT2D eigenvalue weighted by atomic mass is 16.3. The number of aliphatic hydroxyl groups excluding tert-OH is 3. The molecule has 0 saturated heterocycles. The van der Waals surface area contributed by atoms with Crippen molar-refractivity contribution in [2.45, 2.75) is 76.1 Å². The van der Waals surface area contributed by atoms with Crippen LogP contribution in [-0.4, -0.2) is 39.9 Å². The Morgan fingerprint density at radius 3 is 2.48 bits per heavy atom. The van der Waals surface area contributed by atoms with Crippen LogP contribution < -0.4 is 0 Å². The molecular formula is C23H34O4. The van der Waals surface area contributed by atoms with Gasteiger partial charge < -0.3 is 20.1 Å². The molecule has 4 nitrogen and oxygen atoms in total. The predicted octanol–water partition coefficient (Wildman–Crippen LogP) is 3.43. The molecular weight excluding hydrogens is 340 g/mol. The topological polar surface area (TPSA) is 77.8 Å². The van der Waals surface area contributed by atoms with Gasteiger partial charge in [-0.3, -0.25) is 0 Å². The second-order valence-corrected chi connectivity index (χ2v) is 7.76. The van der Waals surface area contributed by atoms with Crippen LogP contribution in [0.3, 0.4) is 0 Å². The van der Waals surface area contributed by atoms with Gasteiger partial charge in [-0.2, -0.15) is 0 Å². The van der Waals surface area contributed by atoms with E-state index < -0.39 is 12.2 Å². The Kier molecular flexibility index (Phi) is 9.74. The van der Waals surface area contributed by atoms with Crippen molar-refractivity contribution in [2.75, 3.05) is 0 Å². The number of carbonyl (C=O) groups is 1. The lowest BCUT2D eigenvalue weighted by atomic mass is 9.85. The summed E-state index contributed by atoms with van der Waals surface area (Å²) in [5.41, 5.74) is 1.23. The number of aldehydes is 1. The van der Waals surface area contributed by atoms with Crippen molar-refractivity contribution < 1.29 is 20.1 Å². The van der Waals surface area contributed by atoms with Gasteiger partial charge in [-0.15, -0.1) is 0 Å². The Hall–Kier alpha value is -1.49. The van der Waals surface area contributed by atoms with E-state index in [4.69, 9.17) is 0 Å². The zero-order chi connectivity index (χ0) is 19.5. The number of hydrogen-bond acceptors (Lipinski definition) is 4. The van der Waals surface area contributed by atoms with Crippen molar-refractivity contribution in [1.82, 2.24) is 0 Å². The van der Waals surface area contributed by atoms with Gasteiger partial charge in [-0.1, -0.05) is 42.5 Å². The number of aryl methyl sites for hydroxylation is 1. The fourth-order valence-corrected chi connectivity index (χ4v) is 4.10. The third kappa shape index (κ3) is 7.57. The molecule has 4 heteroatoms. The molecule has 1 aliphatic carbocycles. The highest BCUT2D eigenvalue weighted by Gasteiger charge is 2.40. The number of allylic oxidation sites excluding steroid dienone is 2. The summed E-state index contributed by atoms with van der Waals surface area (Å²) in [5, 5.41) is 30.9. The average Bonchev–Trinajstić information content (AvgIpc) is 2.94. The number of rotatable bonds is 12. The summed E-state index contributed by atoms with van der Waals surface area (Å²) in [6.07, 6.45) is 10.1. The van der Waals surface area contributed by atoms with Crippen LogP contribution in [0, 0.1) is 11.8 Å². The Bertz CT molecular complexity index is 557. The maximum absolute atomic E-state index is 10.3. The molecule has 2 rings (SSSR count). The number of aliphatic hydroxyl groups is 3. The van der Waals surface area contributed by atoms with Gasteiger partial charge in [0.1, 0.15) is 6.29 Å². The standard InChI is InChI=1S/C23H34O4/c24-16-8-3-1-2-7-11-20-21(23(27)17-22(20)26)15-14-19(25)13-12-18-9-5-4-6-10-18/h2,4-7,9-10,16,19-23,25-27H,1,3,8,11-15,17H2/b7-2-/t19-,20-,21-,22+,23-/m1/s1. The minimum Gasteiger partial charge on any atom is -0.393 e. The highest BCUT2D eigenvalue weighted by Crippen LogP contribution is 2.38. The second kappa shape index (κ2) is 12.1. The molecule has 0 spiro atoms. The molecule has 0 bridgehead atoms. The summed E-state index contributed by atoms with van der Waals surface area (Å²) >= 11 is 0.